The van der Waals surface area contributed by atoms with Crippen LogP contribution in [0, 0.1) is 0 Å². The molecule has 0 saturated heterocycles. The zero-order valence-corrected chi connectivity index (χ0v) is 13.2. The van der Waals surface area contributed by atoms with E-state index in [0.717, 1.165) is 16.8 Å². The topological polar surface area (TPSA) is 68.0 Å². The summed E-state index contributed by atoms with van der Waals surface area (Å²) in [5.74, 6) is -0.418. The normalized spacial score (nSPS) is 13.2. The number of carbonyl (C=O) groups is 1. The van der Waals surface area contributed by atoms with Crippen molar-refractivity contribution in [3.63, 3.8) is 0 Å². The van der Waals surface area contributed by atoms with Crippen molar-refractivity contribution >= 4 is 5.91 Å². The van der Waals surface area contributed by atoms with E-state index in [2.05, 4.69) is 10.3 Å². The summed E-state index contributed by atoms with van der Waals surface area (Å²) in [6, 6.07) is 24.3. The molecular weight excluding hydrogens is 298 g/mol. The van der Waals surface area contributed by atoms with Crippen LogP contribution >= 0.6 is 0 Å². The third kappa shape index (κ3) is 3.67. The summed E-state index contributed by atoms with van der Waals surface area (Å²) in [4.78, 5) is 16.5. The Labute approximate surface area is 141 Å². The van der Waals surface area contributed by atoms with Crippen LogP contribution in [0.3, 0.4) is 0 Å². The Morgan fingerprint density at radius 1 is 0.833 bits per heavy atom. The number of pyridine rings is 1. The van der Waals surface area contributed by atoms with Crippen LogP contribution in [0.15, 0.2) is 85.1 Å². The number of hydrogen-bond donors (Lipinski definition) is 2. The van der Waals surface area contributed by atoms with Gasteiger partial charge < -0.3 is 5.73 Å². The Bertz CT molecular complexity index is 736. The van der Waals surface area contributed by atoms with Crippen molar-refractivity contribution in [1.29, 1.82) is 0 Å². The van der Waals surface area contributed by atoms with Crippen molar-refractivity contribution in [2.24, 2.45) is 5.73 Å². The molecule has 24 heavy (non-hydrogen) atoms. The first-order valence-corrected chi connectivity index (χ1v) is 7.82. The quantitative estimate of drug-likeness (QED) is 0.734. The third-order valence-electron chi connectivity index (χ3n) is 3.87. The summed E-state index contributed by atoms with van der Waals surface area (Å²) in [7, 11) is 0. The highest BCUT2D eigenvalue weighted by molar-refractivity contribution is 5.81. The van der Waals surface area contributed by atoms with Gasteiger partial charge in [-0.15, -0.1) is 0 Å². The molecule has 0 radical (unpaired) electrons. The number of primary amides is 1. The molecule has 2 aromatic carbocycles. The van der Waals surface area contributed by atoms with Gasteiger partial charge >= 0.3 is 0 Å². The Morgan fingerprint density at radius 2 is 1.42 bits per heavy atom. The number of nitrogens with zero attached hydrogens (tertiary/aromatic N) is 1. The first kappa shape index (κ1) is 15.9. The van der Waals surface area contributed by atoms with Gasteiger partial charge in [0.2, 0.25) is 5.91 Å². The number of rotatable bonds is 6. The van der Waals surface area contributed by atoms with Gasteiger partial charge in [-0.25, -0.2) is 0 Å². The average Bonchev–Trinajstić information content (AvgIpc) is 2.64. The monoisotopic (exact) mass is 317 g/mol. The molecule has 4 heteroatoms. The number of amides is 1. The van der Waals surface area contributed by atoms with Crippen molar-refractivity contribution in [1.82, 2.24) is 10.3 Å². The van der Waals surface area contributed by atoms with Gasteiger partial charge in [-0.2, -0.15) is 0 Å². The Hall–Kier alpha value is -2.98. The predicted molar refractivity (Wildman–Crippen MR) is 94.0 cm³/mol. The molecule has 0 fully saturated rings. The van der Waals surface area contributed by atoms with Crippen LogP contribution in [-0.4, -0.2) is 10.9 Å². The van der Waals surface area contributed by atoms with E-state index in [4.69, 9.17) is 5.73 Å². The lowest BCUT2D eigenvalue weighted by Crippen LogP contribution is -2.36. The molecule has 0 spiro atoms. The highest BCUT2D eigenvalue weighted by atomic mass is 16.1. The lowest BCUT2D eigenvalue weighted by Gasteiger charge is -2.24. The highest BCUT2D eigenvalue weighted by Gasteiger charge is 2.24. The first-order valence-electron chi connectivity index (χ1n) is 7.82. The van der Waals surface area contributed by atoms with Crippen molar-refractivity contribution in [3.05, 3.63) is 102 Å². The number of nitrogens with one attached hydrogen (secondary N) is 1. The summed E-state index contributed by atoms with van der Waals surface area (Å²) < 4.78 is 0. The molecule has 0 aliphatic carbocycles. The smallest absolute Gasteiger partial charge is 0.239 e. The molecule has 0 bridgehead atoms. The van der Waals surface area contributed by atoms with Crippen molar-refractivity contribution in [3.8, 4) is 0 Å². The van der Waals surface area contributed by atoms with Crippen LogP contribution in [0.25, 0.3) is 0 Å². The maximum atomic E-state index is 12.0. The van der Waals surface area contributed by atoms with E-state index < -0.39 is 11.9 Å². The molecule has 3 N–H and O–H groups in total. The Kier molecular flexibility index (Phi) is 4.99. The number of nitrogens with two attached hydrogens (primary N) is 1. The maximum absolute atomic E-state index is 12.0. The highest BCUT2D eigenvalue weighted by Crippen LogP contribution is 2.24. The number of hydrogen-bond acceptors (Lipinski definition) is 3. The van der Waals surface area contributed by atoms with E-state index in [1.807, 2.05) is 78.9 Å². The lowest BCUT2D eigenvalue weighted by molar-refractivity contribution is -0.120. The first-order chi connectivity index (χ1) is 11.8. The lowest BCUT2D eigenvalue weighted by atomic mass is 9.99. The Morgan fingerprint density at radius 3 is 1.96 bits per heavy atom. The van der Waals surface area contributed by atoms with Gasteiger partial charge in [0, 0.05) is 6.20 Å². The predicted octanol–water partition coefficient (Wildman–Crippen LogP) is 2.99. The summed E-state index contributed by atoms with van der Waals surface area (Å²) in [6.07, 6.45) is 1.74. The van der Waals surface area contributed by atoms with Gasteiger partial charge in [0.25, 0.3) is 0 Å². The fourth-order valence-electron chi connectivity index (χ4n) is 2.70. The molecule has 0 saturated carbocycles. The number of benzene rings is 2. The minimum atomic E-state index is -0.599. The average molecular weight is 317 g/mol. The SMILES string of the molecule is NC(=O)[C@H](N[C@H](c1ccccc1)c1ccccn1)c1ccccc1. The molecule has 1 heterocycles. The van der Waals surface area contributed by atoms with Gasteiger partial charge in [-0.05, 0) is 23.3 Å². The van der Waals surface area contributed by atoms with Gasteiger partial charge in [0.1, 0.15) is 6.04 Å². The second-order valence-corrected chi connectivity index (χ2v) is 5.51. The summed E-state index contributed by atoms with van der Waals surface area (Å²) >= 11 is 0. The standard InChI is InChI=1S/C20H19N3O/c21-20(24)19(16-11-5-2-6-12-16)23-18(15-9-3-1-4-10-15)17-13-7-8-14-22-17/h1-14,18-19,23H,(H2,21,24)/t18-,19-/m1/s1. The van der Waals surface area contributed by atoms with Gasteiger partial charge in [-0.3, -0.25) is 15.1 Å². The van der Waals surface area contributed by atoms with Crippen molar-refractivity contribution in [2.75, 3.05) is 0 Å². The summed E-state index contributed by atoms with van der Waals surface area (Å²) in [6.45, 7) is 0. The van der Waals surface area contributed by atoms with Crippen LogP contribution in [-0.2, 0) is 4.79 Å². The van der Waals surface area contributed by atoms with E-state index >= 15 is 0 Å². The second kappa shape index (κ2) is 7.53. The van der Waals surface area contributed by atoms with Gasteiger partial charge in [0.05, 0.1) is 11.7 Å². The fraction of sp³-hybridized carbons (Fsp3) is 0.100. The Balaban J connectivity index is 1.98. The molecule has 0 aliphatic heterocycles. The summed E-state index contributed by atoms with van der Waals surface area (Å²) in [5, 5.41) is 3.37. The summed E-state index contributed by atoms with van der Waals surface area (Å²) in [5.41, 5.74) is 8.35. The molecule has 3 aromatic rings. The molecule has 4 nitrogen and oxygen atoms in total. The minimum Gasteiger partial charge on any atom is -0.368 e. The van der Waals surface area contributed by atoms with Gasteiger partial charge in [0.15, 0.2) is 0 Å². The molecule has 2 atom stereocenters. The van der Waals surface area contributed by atoms with E-state index in [0.29, 0.717) is 0 Å². The van der Waals surface area contributed by atoms with E-state index in [1.54, 1.807) is 6.20 Å². The largest absolute Gasteiger partial charge is 0.368 e. The molecule has 120 valence electrons. The molecular formula is C20H19N3O. The van der Waals surface area contributed by atoms with Crippen LogP contribution in [0.1, 0.15) is 28.9 Å². The second-order valence-electron chi connectivity index (χ2n) is 5.51. The van der Waals surface area contributed by atoms with E-state index in [-0.39, 0.29) is 6.04 Å². The number of aromatic nitrogens is 1. The van der Waals surface area contributed by atoms with E-state index in [9.17, 15) is 4.79 Å². The van der Waals surface area contributed by atoms with E-state index in [1.165, 1.54) is 0 Å². The third-order valence-corrected chi connectivity index (χ3v) is 3.87. The minimum absolute atomic E-state index is 0.231. The van der Waals surface area contributed by atoms with Crippen molar-refractivity contribution < 1.29 is 4.79 Å². The molecule has 1 aromatic heterocycles. The molecule has 1 amide bonds. The van der Waals surface area contributed by atoms with Crippen LogP contribution in [0.2, 0.25) is 0 Å². The zero-order chi connectivity index (χ0) is 16.8. The fourth-order valence-corrected chi connectivity index (χ4v) is 2.70. The van der Waals surface area contributed by atoms with Crippen LogP contribution < -0.4 is 11.1 Å². The van der Waals surface area contributed by atoms with Crippen LogP contribution in [0.5, 0.6) is 0 Å². The zero-order valence-electron chi connectivity index (χ0n) is 13.2. The van der Waals surface area contributed by atoms with Gasteiger partial charge in [-0.1, -0.05) is 66.7 Å². The number of carbonyl (C=O) groups excluding carboxylic acids is 1. The van der Waals surface area contributed by atoms with Crippen molar-refractivity contribution in [2.45, 2.75) is 12.1 Å². The molecule has 0 aliphatic rings. The molecule has 0 unspecified atom stereocenters. The van der Waals surface area contributed by atoms with Crippen LogP contribution in [0.4, 0.5) is 0 Å². The maximum Gasteiger partial charge on any atom is 0.239 e. The molecule has 3 rings (SSSR count).